The monoisotopic (exact) mass is 303 g/mol. The highest BCUT2D eigenvalue weighted by Gasteiger charge is 2.18. The number of amides is 1. The number of hydrogen-bond acceptors (Lipinski definition) is 3. The Hall–Kier alpha value is -2.14. The topological polar surface area (TPSA) is 66.4 Å². The van der Waals surface area contributed by atoms with Crippen LogP contribution in [0.4, 0.5) is 0 Å². The van der Waals surface area contributed by atoms with E-state index in [-0.39, 0.29) is 12.3 Å². The Morgan fingerprint density at radius 2 is 1.90 bits per heavy atom. The highest BCUT2D eigenvalue weighted by atomic mass is 32.1. The molecule has 1 amide bonds. The van der Waals surface area contributed by atoms with Gasteiger partial charge in [-0.05, 0) is 23.4 Å². The summed E-state index contributed by atoms with van der Waals surface area (Å²) in [5.74, 6) is -1.05. The van der Waals surface area contributed by atoms with Gasteiger partial charge in [-0.25, -0.2) is 0 Å². The van der Waals surface area contributed by atoms with Crippen LogP contribution in [0.5, 0.6) is 0 Å². The van der Waals surface area contributed by atoms with Crippen LogP contribution in [0.3, 0.4) is 0 Å². The van der Waals surface area contributed by atoms with E-state index in [1.807, 2.05) is 47.8 Å². The Bertz CT molecular complexity index is 581. The van der Waals surface area contributed by atoms with Crippen molar-refractivity contribution in [2.24, 2.45) is 0 Å². The van der Waals surface area contributed by atoms with Crippen LogP contribution < -0.4 is 5.32 Å². The van der Waals surface area contributed by atoms with Crippen LogP contribution in [-0.2, 0) is 16.0 Å². The number of hydrogen-bond donors (Lipinski definition) is 2. The Labute approximate surface area is 127 Å². The second-order valence-electron chi connectivity index (χ2n) is 4.72. The molecule has 1 atom stereocenters. The van der Waals surface area contributed by atoms with Gasteiger partial charge < -0.3 is 10.4 Å². The maximum atomic E-state index is 12.0. The van der Waals surface area contributed by atoms with Gasteiger partial charge in [-0.2, -0.15) is 0 Å². The molecule has 0 unspecified atom stereocenters. The van der Waals surface area contributed by atoms with Crippen LogP contribution in [0.25, 0.3) is 0 Å². The van der Waals surface area contributed by atoms with Gasteiger partial charge in [-0.3, -0.25) is 9.59 Å². The van der Waals surface area contributed by atoms with E-state index in [9.17, 15) is 9.59 Å². The summed E-state index contributed by atoms with van der Waals surface area (Å²) in [5, 5.41) is 13.6. The summed E-state index contributed by atoms with van der Waals surface area (Å²) in [6.07, 6.45) is 0.903. The minimum atomic E-state index is -0.920. The second kappa shape index (κ2) is 7.59. The van der Waals surface area contributed by atoms with E-state index in [0.717, 1.165) is 10.4 Å². The van der Waals surface area contributed by atoms with E-state index < -0.39 is 12.0 Å². The van der Waals surface area contributed by atoms with Gasteiger partial charge in [0.25, 0.3) is 0 Å². The molecule has 2 rings (SSSR count). The van der Waals surface area contributed by atoms with Gasteiger partial charge in [0.15, 0.2) is 0 Å². The summed E-state index contributed by atoms with van der Waals surface area (Å²) in [4.78, 5) is 23.8. The third kappa shape index (κ3) is 5.04. The predicted octanol–water partition coefficient (Wildman–Crippen LogP) is 3.01. The third-order valence-corrected chi connectivity index (χ3v) is 4.07. The number of carboxylic acids is 1. The Morgan fingerprint density at radius 3 is 2.52 bits per heavy atom. The summed E-state index contributed by atoms with van der Waals surface area (Å²) < 4.78 is 0. The molecule has 5 heteroatoms. The smallest absolute Gasteiger partial charge is 0.305 e. The molecule has 2 aromatic rings. The van der Waals surface area contributed by atoms with Crippen molar-refractivity contribution in [1.82, 2.24) is 5.32 Å². The summed E-state index contributed by atoms with van der Waals surface area (Å²) in [6.45, 7) is 0. The molecule has 0 aliphatic carbocycles. The molecule has 4 nitrogen and oxygen atoms in total. The number of thiophene rings is 1. The molecular formula is C16H17NO3S. The molecule has 1 aromatic heterocycles. The van der Waals surface area contributed by atoms with E-state index in [2.05, 4.69) is 5.32 Å². The number of carboxylic acid groups (broad SMARTS) is 1. The van der Waals surface area contributed by atoms with Crippen LogP contribution in [0.2, 0.25) is 0 Å². The number of benzene rings is 1. The Balaban J connectivity index is 1.90. The highest BCUT2D eigenvalue weighted by Crippen LogP contribution is 2.22. The fourth-order valence-corrected chi connectivity index (χ4v) is 2.83. The zero-order valence-corrected chi connectivity index (χ0v) is 12.3. The van der Waals surface area contributed by atoms with Crippen molar-refractivity contribution in [3.8, 4) is 0 Å². The maximum Gasteiger partial charge on any atom is 0.305 e. The first-order valence-corrected chi connectivity index (χ1v) is 7.61. The average molecular weight is 303 g/mol. The SMILES string of the molecule is O=C(O)C[C@H](NC(=O)CCc1ccccc1)c1cccs1. The van der Waals surface area contributed by atoms with Crippen LogP contribution in [0.15, 0.2) is 47.8 Å². The normalized spacial score (nSPS) is 11.8. The van der Waals surface area contributed by atoms with Crippen LogP contribution >= 0.6 is 11.3 Å². The predicted molar refractivity (Wildman–Crippen MR) is 82.2 cm³/mol. The third-order valence-electron chi connectivity index (χ3n) is 3.08. The molecule has 0 bridgehead atoms. The molecule has 0 saturated carbocycles. The van der Waals surface area contributed by atoms with Crippen molar-refractivity contribution in [3.05, 3.63) is 58.3 Å². The molecule has 1 heterocycles. The van der Waals surface area contributed by atoms with Crippen molar-refractivity contribution in [3.63, 3.8) is 0 Å². The fraction of sp³-hybridized carbons (Fsp3) is 0.250. The lowest BCUT2D eigenvalue weighted by atomic mass is 10.1. The van der Waals surface area contributed by atoms with Gasteiger partial charge in [0, 0.05) is 11.3 Å². The number of carbonyl (C=O) groups is 2. The van der Waals surface area contributed by atoms with Crippen molar-refractivity contribution in [1.29, 1.82) is 0 Å². The molecule has 0 fully saturated rings. The standard InChI is InChI=1S/C16H17NO3S/c18-15(9-8-12-5-2-1-3-6-12)17-13(11-16(19)20)14-7-4-10-21-14/h1-7,10,13H,8-9,11H2,(H,17,18)(H,19,20)/t13-/m0/s1. The lowest BCUT2D eigenvalue weighted by Gasteiger charge is -2.15. The molecular weight excluding hydrogens is 286 g/mol. The first-order chi connectivity index (χ1) is 10.1. The highest BCUT2D eigenvalue weighted by molar-refractivity contribution is 7.10. The van der Waals surface area contributed by atoms with E-state index in [0.29, 0.717) is 12.8 Å². The van der Waals surface area contributed by atoms with Gasteiger partial charge in [0.05, 0.1) is 12.5 Å². The number of aliphatic carboxylic acids is 1. The first kappa shape index (κ1) is 15.3. The molecule has 0 saturated heterocycles. The zero-order chi connectivity index (χ0) is 15.1. The van der Waals surface area contributed by atoms with Gasteiger partial charge >= 0.3 is 5.97 Å². The number of aryl methyl sites for hydroxylation is 1. The van der Waals surface area contributed by atoms with Gasteiger partial charge in [0.1, 0.15) is 0 Å². The van der Waals surface area contributed by atoms with Crippen LogP contribution in [0, 0.1) is 0 Å². The van der Waals surface area contributed by atoms with E-state index in [1.54, 1.807) is 0 Å². The molecule has 21 heavy (non-hydrogen) atoms. The Morgan fingerprint density at radius 1 is 1.14 bits per heavy atom. The van der Waals surface area contributed by atoms with Crippen molar-refractivity contribution in [2.45, 2.75) is 25.3 Å². The minimum Gasteiger partial charge on any atom is -0.481 e. The number of rotatable bonds is 7. The zero-order valence-electron chi connectivity index (χ0n) is 11.5. The van der Waals surface area contributed by atoms with Crippen molar-refractivity contribution >= 4 is 23.2 Å². The van der Waals surface area contributed by atoms with E-state index >= 15 is 0 Å². The maximum absolute atomic E-state index is 12.0. The van der Waals surface area contributed by atoms with Gasteiger partial charge in [0.2, 0.25) is 5.91 Å². The molecule has 0 spiro atoms. The number of nitrogens with one attached hydrogen (secondary N) is 1. The molecule has 0 radical (unpaired) electrons. The molecule has 110 valence electrons. The molecule has 0 aliphatic rings. The molecule has 2 N–H and O–H groups in total. The first-order valence-electron chi connectivity index (χ1n) is 6.73. The summed E-state index contributed by atoms with van der Waals surface area (Å²) in [7, 11) is 0. The summed E-state index contributed by atoms with van der Waals surface area (Å²) >= 11 is 1.45. The van der Waals surface area contributed by atoms with Gasteiger partial charge in [-0.15, -0.1) is 11.3 Å². The van der Waals surface area contributed by atoms with Gasteiger partial charge in [-0.1, -0.05) is 36.4 Å². The van der Waals surface area contributed by atoms with Crippen molar-refractivity contribution in [2.75, 3.05) is 0 Å². The quantitative estimate of drug-likeness (QED) is 0.826. The largest absolute Gasteiger partial charge is 0.481 e. The molecule has 1 aromatic carbocycles. The lowest BCUT2D eigenvalue weighted by molar-refractivity contribution is -0.137. The lowest BCUT2D eigenvalue weighted by Crippen LogP contribution is -2.29. The van der Waals surface area contributed by atoms with Crippen molar-refractivity contribution < 1.29 is 14.7 Å². The van der Waals surface area contributed by atoms with E-state index in [4.69, 9.17) is 5.11 Å². The average Bonchev–Trinajstić information content (AvgIpc) is 2.99. The molecule has 0 aliphatic heterocycles. The Kier molecular flexibility index (Phi) is 5.51. The van der Waals surface area contributed by atoms with Crippen LogP contribution in [0.1, 0.15) is 29.3 Å². The summed E-state index contributed by atoms with van der Waals surface area (Å²) in [5.41, 5.74) is 1.10. The second-order valence-corrected chi connectivity index (χ2v) is 5.70. The number of carbonyl (C=O) groups excluding carboxylic acids is 1. The summed E-state index contributed by atoms with van der Waals surface area (Å²) in [6, 6.07) is 13.0. The van der Waals surface area contributed by atoms with Crippen LogP contribution in [-0.4, -0.2) is 17.0 Å². The minimum absolute atomic E-state index is 0.0996. The fourth-order valence-electron chi connectivity index (χ4n) is 2.06. The van der Waals surface area contributed by atoms with E-state index in [1.165, 1.54) is 11.3 Å².